The molecule has 0 saturated heterocycles. The molecule has 0 unspecified atom stereocenters. The van der Waals surface area contributed by atoms with Crippen LogP contribution in [0.5, 0.6) is 0 Å². The number of anilines is 1. The second kappa shape index (κ2) is 6.02. The van der Waals surface area contributed by atoms with Crippen LogP contribution >= 0.6 is 15.9 Å². The molecule has 0 aromatic heterocycles. The normalized spacial score (nSPS) is 10.3. The monoisotopic (exact) mass is 317 g/mol. The highest BCUT2D eigenvalue weighted by Crippen LogP contribution is 2.21. The highest BCUT2D eigenvalue weighted by molar-refractivity contribution is 9.10. The van der Waals surface area contributed by atoms with Gasteiger partial charge in [-0.1, -0.05) is 47.1 Å². The Balaban J connectivity index is 2.23. The Labute approximate surface area is 122 Å². The van der Waals surface area contributed by atoms with E-state index in [1.807, 2.05) is 49.4 Å². The van der Waals surface area contributed by atoms with Gasteiger partial charge in [-0.15, -0.1) is 0 Å². The molecule has 2 rings (SSSR count). The first-order chi connectivity index (χ1) is 9.11. The van der Waals surface area contributed by atoms with Gasteiger partial charge in [-0.2, -0.15) is 0 Å². The van der Waals surface area contributed by atoms with E-state index in [4.69, 9.17) is 0 Å². The molecule has 19 heavy (non-hydrogen) atoms. The maximum atomic E-state index is 12.3. The molecule has 0 aliphatic rings. The fourth-order valence-electron chi connectivity index (χ4n) is 1.92. The second-order valence-electron chi connectivity index (χ2n) is 4.43. The number of hydrogen-bond donors (Lipinski definition) is 1. The molecule has 2 aromatic carbocycles. The van der Waals surface area contributed by atoms with Gasteiger partial charge in [0.05, 0.1) is 0 Å². The van der Waals surface area contributed by atoms with Gasteiger partial charge >= 0.3 is 0 Å². The zero-order chi connectivity index (χ0) is 13.8. The van der Waals surface area contributed by atoms with E-state index in [9.17, 15) is 4.79 Å². The summed E-state index contributed by atoms with van der Waals surface area (Å²) in [7, 11) is 0. The number of halogens is 1. The summed E-state index contributed by atoms with van der Waals surface area (Å²) < 4.78 is 0.995. The number of benzene rings is 2. The lowest BCUT2D eigenvalue weighted by atomic mass is 10.0. The van der Waals surface area contributed by atoms with Gasteiger partial charge in [0.1, 0.15) is 0 Å². The molecule has 1 N–H and O–H groups in total. The summed E-state index contributed by atoms with van der Waals surface area (Å²) in [6, 6.07) is 13.5. The summed E-state index contributed by atoms with van der Waals surface area (Å²) >= 11 is 3.47. The van der Waals surface area contributed by atoms with Crippen LogP contribution in [0.2, 0.25) is 0 Å². The highest BCUT2D eigenvalue weighted by Gasteiger charge is 2.10. The van der Waals surface area contributed by atoms with Gasteiger partial charge in [-0.3, -0.25) is 4.79 Å². The predicted molar refractivity (Wildman–Crippen MR) is 82.7 cm³/mol. The lowest BCUT2D eigenvalue weighted by molar-refractivity contribution is 0.102. The van der Waals surface area contributed by atoms with Gasteiger partial charge < -0.3 is 5.32 Å². The number of amides is 1. The Bertz CT molecular complexity index is 607. The zero-order valence-corrected chi connectivity index (χ0v) is 12.6. The van der Waals surface area contributed by atoms with Gasteiger partial charge in [-0.25, -0.2) is 0 Å². The van der Waals surface area contributed by atoms with Crippen LogP contribution in [0.4, 0.5) is 5.69 Å². The van der Waals surface area contributed by atoms with Crippen molar-refractivity contribution in [3.63, 3.8) is 0 Å². The van der Waals surface area contributed by atoms with Crippen molar-refractivity contribution in [1.29, 1.82) is 0 Å². The first-order valence-electron chi connectivity index (χ1n) is 6.27. The number of rotatable bonds is 3. The first-order valence-corrected chi connectivity index (χ1v) is 7.06. The smallest absolute Gasteiger partial charge is 0.255 e. The van der Waals surface area contributed by atoms with E-state index in [1.165, 1.54) is 0 Å². The van der Waals surface area contributed by atoms with Crippen LogP contribution in [0.25, 0.3) is 0 Å². The summed E-state index contributed by atoms with van der Waals surface area (Å²) in [4.78, 5) is 12.3. The number of hydrogen-bond acceptors (Lipinski definition) is 1. The standard InChI is InChI=1S/C16H16BrNO/c1-3-12-6-4-5-7-14(12)16(19)18-13-9-8-11(2)15(17)10-13/h4-10H,3H2,1-2H3,(H,18,19). The largest absolute Gasteiger partial charge is 0.322 e. The van der Waals surface area contributed by atoms with Crippen LogP contribution in [-0.4, -0.2) is 5.91 Å². The van der Waals surface area contributed by atoms with E-state index in [2.05, 4.69) is 28.2 Å². The van der Waals surface area contributed by atoms with E-state index in [-0.39, 0.29) is 5.91 Å². The molecule has 1 amide bonds. The quantitative estimate of drug-likeness (QED) is 0.882. The molecule has 0 radical (unpaired) electrons. The second-order valence-corrected chi connectivity index (χ2v) is 5.28. The Morgan fingerprint density at radius 3 is 2.63 bits per heavy atom. The molecule has 0 saturated carbocycles. The van der Waals surface area contributed by atoms with Gasteiger partial charge in [-0.05, 0) is 42.7 Å². The number of carbonyl (C=O) groups excluding carboxylic acids is 1. The number of aryl methyl sites for hydroxylation is 2. The SMILES string of the molecule is CCc1ccccc1C(=O)Nc1ccc(C)c(Br)c1. The van der Waals surface area contributed by atoms with Crippen molar-refractivity contribution >= 4 is 27.5 Å². The Morgan fingerprint density at radius 1 is 1.21 bits per heavy atom. The molecule has 0 heterocycles. The topological polar surface area (TPSA) is 29.1 Å². The third kappa shape index (κ3) is 3.24. The molecule has 2 aromatic rings. The summed E-state index contributed by atoms with van der Waals surface area (Å²) in [5.74, 6) is -0.0618. The van der Waals surface area contributed by atoms with Crippen molar-refractivity contribution in [2.45, 2.75) is 20.3 Å². The fourth-order valence-corrected chi connectivity index (χ4v) is 2.30. The van der Waals surface area contributed by atoms with Gasteiger partial charge in [0, 0.05) is 15.7 Å². The average Bonchev–Trinajstić information content (AvgIpc) is 2.43. The van der Waals surface area contributed by atoms with Crippen molar-refractivity contribution in [2.24, 2.45) is 0 Å². The zero-order valence-electron chi connectivity index (χ0n) is 11.0. The molecule has 0 aliphatic carbocycles. The van der Waals surface area contributed by atoms with Crippen molar-refractivity contribution in [3.8, 4) is 0 Å². The van der Waals surface area contributed by atoms with Crippen LogP contribution in [0.3, 0.4) is 0 Å². The third-order valence-electron chi connectivity index (χ3n) is 3.07. The molecule has 0 aliphatic heterocycles. The van der Waals surface area contributed by atoms with E-state index in [0.717, 1.165) is 33.3 Å². The van der Waals surface area contributed by atoms with Crippen LogP contribution in [-0.2, 0) is 6.42 Å². The maximum absolute atomic E-state index is 12.3. The summed E-state index contributed by atoms with van der Waals surface area (Å²) in [5.41, 5.74) is 3.74. The average molecular weight is 318 g/mol. The Hall–Kier alpha value is -1.61. The molecule has 98 valence electrons. The van der Waals surface area contributed by atoms with Crippen LogP contribution in [0.15, 0.2) is 46.9 Å². The van der Waals surface area contributed by atoms with Gasteiger partial charge in [0.25, 0.3) is 5.91 Å². The Kier molecular flexibility index (Phi) is 4.38. The van der Waals surface area contributed by atoms with Crippen molar-refractivity contribution < 1.29 is 4.79 Å². The molecular formula is C16H16BrNO. The van der Waals surface area contributed by atoms with Gasteiger partial charge in [0.2, 0.25) is 0 Å². The first kappa shape index (κ1) is 13.8. The molecule has 3 heteroatoms. The molecule has 0 fully saturated rings. The molecule has 0 atom stereocenters. The van der Waals surface area contributed by atoms with E-state index in [0.29, 0.717) is 0 Å². The summed E-state index contributed by atoms with van der Waals surface area (Å²) in [6.45, 7) is 4.07. The molecular weight excluding hydrogens is 302 g/mol. The lowest BCUT2D eigenvalue weighted by Crippen LogP contribution is -2.14. The Morgan fingerprint density at radius 2 is 1.95 bits per heavy atom. The van der Waals surface area contributed by atoms with Crippen LogP contribution < -0.4 is 5.32 Å². The summed E-state index contributed by atoms with van der Waals surface area (Å²) in [5, 5.41) is 2.93. The number of nitrogens with one attached hydrogen (secondary N) is 1. The van der Waals surface area contributed by atoms with E-state index in [1.54, 1.807) is 0 Å². The molecule has 2 nitrogen and oxygen atoms in total. The van der Waals surface area contributed by atoms with Crippen molar-refractivity contribution in [1.82, 2.24) is 0 Å². The third-order valence-corrected chi connectivity index (χ3v) is 3.93. The maximum Gasteiger partial charge on any atom is 0.255 e. The van der Waals surface area contributed by atoms with Crippen LogP contribution in [0, 0.1) is 6.92 Å². The molecule has 0 spiro atoms. The lowest BCUT2D eigenvalue weighted by Gasteiger charge is -2.09. The van der Waals surface area contributed by atoms with E-state index >= 15 is 0 Å². The van der Waals surface area contributed by atoms with Gasteiger partial charge in [0.15, 0.2) is 0 Å². The predicted octanol–water partition coefficient (Wildman–Crippen LogP) is 4.57. The molecule has 0 bridgehead atoms. The van der Waals surface area contributed by atoms with Crippen LogP contribution in [0.1, 0.15) is 28.4 Å². The summed E-state index contributed by atoms with van der Waals surface area (Å²) in [6.07, 6.45) is 0.848. The van der Waals surface area contributed by atoms with Crippen molar-refractivity contribution in [2.75, 3.05) is 5.32 Å². The van der Waals surface area contributed by atoms with E-state index < -0.39 is 0 Å². The highest BCUT2D eigenvalue weighted by atomic mass is 79.9. The minimum absolute atomic E-state index is 0.0618. The van der Waals surface area contributed by atoms with Crippen molar-refractivity contribution in [3.05, 3.63) is 63.6 Å². The number of carbonyl (C=O) groups is 1. The fraction of sp³-hybridized carbons (Fsp3) is 0.188. The minimum Gasteiger partial charge on any atom is -0.322 e. The minimum atomic E-state index is -0.0618.